The van der Waals surface area contributed by atoms with Gasteiger partial charge in [0, 0.05) is 10.6 Å². The Balaban J connectivity index is 2.13. The van der Waals surface area contributed by atoms with Crippen molar-refractivity contribution in [2.24, 2.45) is 0 Å². The Kier molecular flexibility index (Phi) is 2.37. The van der Waals surface area contributed by atoms with Crippen molar-refractivity contribution >= 4 is 17.5 Å². The molecule has 1 unspecified atom stereocenters. The Morgan fingerprint density at radius 3 is 2.59 bits per heavy atom. The molecule has 0 saturated heterocycles. The second-order valence-corrected chi connectivity index (χ2v) is 4.49. The summed E-state index contributed by atoms with van der Waals surface area (Å²) in [7, 11) is 0. The number of rotatable bonds is 1. The zero-order valence-corrected chi connectivity index (χ0v) is 9.74. The predicted octanol–water partition coefficient (Wildman–Crippen LogP) is 3.17. The number of hydrogen-bond donors (Lipinski definition) is 1. The third kappa shape index (κ3) is 1.71. The van der Waals surface area contributed by atoms with Crippen LogP contribution in [0.15, 0.2) is 48.5 Å². The third-order valence-corrected chi connectivity index (χ3v) is 3.21. The van der Waals surface area contributed by atoms with Crippen LogP contribution in [0.4, 0.5) is 0 Å². The Labute approximate surface area is 104 Å². The quantitative estimate of drug-likeness (QED) is 0.819. The van der Waals surface area contributed by atoms with Crippen LogP contribution in [0.1, 0.15) is 27.5 Å². The van der Waals surface area contributed by atoms with Gasteiger partial charge < -0.3 is 5.32 Å². The van der Waals surface area contributed by atoms with Gasteiger partial charge in [0.2, 0.25) is 0 Å². The van der Waals surface area contributed by atoms with E-state index in [0.29, 0.717) is 10.6 Å². The van der Waals surface area contributed by atoms with E-state index < -0.39 is 0 Å². The molecule has 2 aromatic rings. The molecule has 1 N–H and O–H groups in total. The van der Waals surface area contributed by atoms with Crippen molar-refractivity contribution in [2.45, 2.75) is 6.04 Å². The van der Waals surface area contributed by atoms with Gasteiger partial charge in [-0.3, -0.25) is 4.79 Å². The van der Waals surface area contributed by atoms with Crippen molar-refractivity contribution in [3.05, 3.63) is 70.2 Å². The fourth-order valence-corrected chi connectivity index (χ4v) is 2.35. The molecule has 0 aliphatic carbocycles. The first-order valence-corrected chi connectivity index (χ1v) is 5.79. The minimum atomic E-state index is -0.0857. The van der Waals surface area contributed by atoms with Crippen LogP contribution in [0, 0.1) is 0 Å². The summed E-state index contributed by atoms with van der Waals surface area (Å²) < 4.78 is 0. The monoisotopic (exact) mass is 243 g/mol. The van der Waals surface area contributed by atoms with Crippen LogP contribution in [0.2, 0.25) is 5.02 Å². The van der Waals surface area contributed by atoms with Gasteiger partial charge in [0.15, 0.2) is 0 Å². The molecule has 0 saturated carbocycles. The summed E-state index contributed by atoms with van der Waals surface area (Å²) in [6.45, 7) is 0. The zero-order chi connectivity index (χ0) is 11.8. The molecule has 17 heavy (non-hydrogen) atoms. The van der Waals surface area contributed by atoms with Gasteiger partial charge in [0.1, 0.15) is 0 Å². The fourth-order valence-electron chi connectivity index (χ4n) is 2.17. The van der Waals surface area contributed by atoms with Crippen LogP contribution in [0.25, 0.3) is 0 Å². The molecular formula is C14H10ClNO. The maximum Gasteiger partial charge on any atom is 0.252 e. The summed E-state index contributed by atoms with van der Waals surface area (Å²) >= 11 is 5.98. The van der Waals surface area contributed by atoms with Crippen LogP contribution >= 0.6 is 11.6 Å². The number of hydrogen-bond acceptors (Lipinski definition) is 1. The summed E-state index contributed by atoms with van der Waals surface area (Å²) in [6, 6.07) is 15.2. The molecule has 1 aliphatic rings. The molecule has 2 aromatic carbocycles. The summed E-state index contributed by atoms with van der Waals surface area (Å²) in [5.41, 5.74) is 2.74. The van der Waals surface area contributed by atoms with Gasteiger partial charge in [-0.05, 0) is 29.3 Å². The highest BCUT2D eigenvalue weighted by Gasteiger charge is 2.29. The SMILES string of the molecule is O=C1NC(c2ccccc2)c2cc(Cl)ccc21. The molecule has 3 rings (SSSR count). The molecule has 1 heterocycles. The highest BCUT2D eigenvalue weighted by atomic mass is 35.5. The molecule has 1 aliphatic heterocycles. The third-order valence-electron chi connectivity index (χ3n) is 2.98. The number of nitrogens with one attached hydrogen (secondary N) is 1. The van der Waals surface area contributed by atoms with Crippen molar-refractivity contribution in [3.63, 3.8) is 0 Å². The topological polar surface area (TPSA) is 29.1 Å². The highest BCUT2D eigenvalue weighted by Crippen LogP contribution is 2.32. The first-order chi connectivity index (χ1) is 8.25. The van der Waals surface area contributed by atoms with E-state index in [-0.39, 0.29) is 11.9 Å². The van der Waals surface area contributed by atoms with Gasteiger partial charge in [-0.25, -0.2) is 0 Å². The van der Waals surface area contributed by atoms with Gasteiger partial charge in [0.05, 0.1) is 6.04 Å². The van der Waals surface area contributed by atoms with Crippen LogP contribution in [0.3, 0.4) is 0 Å². The van der Waals surface area contributed by atoms with Crippen LogP contribution in [0.5, 0.6) is 0 Å². The standard InChI is InChI=1S/C14H10ClNO/c15-10-6-7-11-12(8-10)13(16-14(11)17)9-4-2-1-3-5-9/h1-8,13H,(H,16,17). The van der Waals surface area contributed by atoms with E-state index >= 15 is 0 Å². The Morgan fingerprint density at radius 1 is 1.06 bits per heavy atom. The van der Waals surface area contributed by atoms with Crippen molar-refractivity contribution in [2.75, 3.05) is 0 Å². The van der Waals surface area contributed by atoms with E-state index in [1.54, 1.807) is 12.1 Å². The van der Waals surface area contributed by atoms with E-state index in [1.165, 1.54) is 0 Å². The van der Waals surface area contributed by atoms with Crippen molar-refractivity contribution in [3.8, 4) is 0 Å². The summed E-state index contributed by atoms with van der Waals surface area (Å²) in [6.07, 6.45) is 0. The number of benzene rings is 2. The number of fused-ring (bicyclic) bond motifs is 1. The second kappa shape index (κ2) is 3.90. The molecule has 1 atom stereocenters. The van der Waals surface area contributed by atoms with Gasteiger partial charge in [-0.15, -0.1) is 0 Å². The van der Waals surface area contributed by atoms with Crippen molar-refractivity contribution in [1.29, 1.82) is 0 Å². The zero-order valence-electron chi connectivity index (χ0n) is 8.98. The van der Waals surface area contributed by atoms with Gasteiger partial charge in [-0.2, -0.15) is 0 Å². The number of amides is 1. The second-order valence-electron chi connectivity index (χ2n) is 4.05. The Morgan fingerprint density at radius 2 is 1.82 bits per heavy atom. The van der Waals surface area contributed by atoms with Crippen LogP contribution in [-0.2, 0) is 0 Å². The number of carbonyl (C=O) groups is 1. The van der Waals surface area contributed by atoms with E-state index in [9.17, 15) is 4.79 Å². The first-order valence-electron chi connectivity index (χ1n) is 5.41. The Hall–Kier alpha value is -1.80. The lowest BCUT2D eigenvalue weighted by Crippen LogP contribution is -2.19. The molecule has 84 valence electrons. The molecule has 0 radical (unpaired) electrons. The molecule has 2 nitrogen and oxygen atoms in total. The molecule has 3 heteroatoms. The lowest BCUT2D eigenvalue weighted by Gasteiger charge is -2.11. The first kappa shape index (κ1) is 10.4. The lowest BCUT2D eigenvalue weighted by atomic mass is 9.99. The van der Waals surface area contributed by atoms with Crippen LogP contribution < -0.4 is 5.32 Å². The Bertz CT molecular complexity index is 580. The number of carbonyl (C=O) groups excluding carboxylic acids is 1. The average Bonchev–Trinajstić information content (AvgIpc) is 2.67. The minimum Gasteiger partial charge on any atom is -0.341 e. The maximum atomic E-state index is 11.8. The molecule has 0 bridgehead atoms. The van der Waals surface area contributed by atoms with E-state index in [4.69, 9.17) is 11.6 Å². The predicted molar refractivity (Wildman–Crippen MR) is 67.2 cm³/mol. The smallest absolute Gasteiger partial charge is 0.252 e. The summed E-state index contributed by atoms with van der Waals surface area (Å²) in [5, 5.41) is 3.62. The van der Waals surface area contributed by atoms with E-state index in [1.807, 2.05) is 36.4 Å². The van der Waals surface area contributed by atoms with Gasteiger partial charge in [-0.1, -0.05) is 41.9 Å². The van der Waals surface area contributed by atoms with E-state index in [2.05, 4.69) is 5.32 Å². The van der Waals surface area contributed by atoms with Crippen molar-refractivity contribution in [1.82, 2.24) is 5.32 Å². The molecule has 0 spiro atoms. The summed E-state index contributed by atoms with van der Waals surface area (Å²) in [5.74, 6) is -0.0366. The number of halogens is 1. The van der Waals surface area contributed by atoms with E-state index in [0.717, 1.165) is 11.1 Å². The molecule has 0 aromatic heterocycles. The molecule has 0 fully saturated rings. The van der Waals surface area contributed by atoms with Gasteiger partial charge in [0.25, 0.3) is 5.91 Å². The largest absolute Gasteiger partial charge is 0.341 e. The lowest BCUT2D eigenvalue weighted by molar-refractivity contribution is 0.0960. The molecular weight excluding hydrogens is 234 g/mol. The minimum absolute atomic E-state index is 0.0366. The van der Waals surface area contributed by atoms with Gasteiger partial charge >= 0.3 is 0 Å². The maximum absolute atomic E-state index is 11.8. The molecule has 1 amide bonds. The summed E-state index contributed by atoms with van der Waals surface area (Å²) in [4.78, 5) is 11.8. The fraction of sp³-hybridized carbons (Fsp3) is 0.0714. The highest BCUT2D eigenvalue weighted by molar-refractivity contribution is 6.30. The average molecular weight is 244 g/mol. The normalized spacial score (nSPS) is 17.7. The van der Waals surface area contributed by atoms with Crippen molar-refractivity contribution < 1.29 is 4.79 Å². The van der Waals surface area contributed by atoms with Crippen LogP contribution in [-0.4, -0.2) is 5.91 Å².